The summed E-state index contributed by atoms with van der Waals surface area (Å²) in [7, 11) is 1.32. The van der Waals surface area contributed by atoms with Gasteiger partial charge in [0.2, 0.25) is 5.95 Å². The van der Waals surface area contributed by atoms with Gasteiger partial charge in [0, 0.05) is 0 Å². The molecule has 2 aromatic carbocycles. The molecule has 0 aliphatic carbocycles. The minimum absolute atomic E-state index is 0.217. The minimum atomic E-state index is -0.459. The first-order valence-electron chi connectivity index (χ1n) is 7.43. The van der Waals surface area contributed by atoms with Crippen molar-refractivity contribution in [2.45, 2.75) is 0 Å². The molecule has 0 saturated carbocycles. The van der Waals surface area contributed by atoms with Gasteiger partial charge in [-0.1, -0.05) is 41.4 Å². The minimum Gasteiger partial charge on any atom is -0.465 e. The Morgan fingerprint density at radius 1 is 1.04 bits per heavy atom. The predicted molar refractivity (Wildman–Crippen MR) is 101 cm³/mol. The molecule has 2 N–H and O–H groups in total. The molecule has 0 amide bonds. The van der Waals surface area contributed by atoms with Crippen molar-refractivity contribution in [1.82, 2.24) is 15.2 Å². The molecule has 0 saturated heterocycles. The van der Waals surface area contributed by atoms with E-state index in [1.807, 2.05) is 0 Å². The van der Waals surface area contributed by atoms with Crippen LogP contribution < -0.4 is 10.6 Å². The van der Waals surface area contributed by atoms with Gasteiger partial charge in [-0.25, -0.2) is 4.79 Å². The van der Waals surface area contributed by atoms with Crippen LogP contribution >= 0.6 is 23.2 Å². The SMILES string of the molecule is COC(=O)c1ccccc1Nc1cnnc(Nc2cccc(Cl)c2Cl)n1. The van der Waals surface area contributed by atoms with E-state index >= 15 is 0 Å². The van der Waals surface area contributed by atoms with Gasteiger partial charge in [0.25, 0.3) is 0 Å². The van der Waals surface area contributed by atoms with Crippen LogP contribution in [-0.2, 0) is 4.74 Å². The van der Waals surface area contributed by atoms with Crippen LogP contribution in [0.5, 0.6) is 0 Å². The molecule has 26 heavy (non-hydrogen) atoms. The Morgan fingerprint density at radius 2 is 1.81 bits per heavy atom. The van der Waals surface area contributed by atoms with Crippen molar-refractivity contribution in [2.24, 2.45) is 0 Å². The molecule has 1 aromatic heterocycles. The standard InChI is InChI=1S/C17H13Cl2N5O2/c1-26-16(25)10-5-2-3-7-12(10)21-14-9-20-24-17(23-14)22-13-8-4-6-11(18)15(13)19/h2-9H,1H3,(H2,21,22,23,24). The van der Waals surface area contributed by atoms with Gasteiger partial charge in [-0.15, -0.1) is 5.10 Å². The molecule has 0 aliphatic heterocycles. The summed E-state index contributed by atoms with van der Waals surface area (Å²) in [6, 6.07) is 12.1. The van der Waals surface area contributed by atoms with E-state index in [2.05, 4.69) is 25.8 Å². The van der Waals surface area contributed by atoms with Crippen molar-refractivity contribution in [3.8, 4) is 0 Å². The summed E-state index contributed by atoms with van der Waals surface area (Å²) in [5, 5.41) is 14.6. The Morgan fingerprint density at radius 3 is 2.62 bits per heavy atom. The largest absolute Gasteiger partial charge is 0.465 e. The maximum Gasteiger partial charge on any atom is 0.339 e. The average Bonchev–Trinajstić information content (AvgIpc) is 2.66. The molecule has 132 valence electrons. The molecule has 0 radical (unpaired) electrons. The van der Waals surface area contributed by atoms with Crippen LogP contribution in [0.15, 0.2) is 48.7 Å². The molecule has 3 rings (SSSR count). The Hall–Kier alpha value is -2.90. The Balaban J connectivity index is 1.85. The summed E-state index contributed by atoms with van der Waals surface area (Å²) in [6.07, 6.45) is 1.43. The van der Waals surface area contributed by atoms with Gasteiger partial charge in [0.15, 0.2) is 5.82 Å². The number of para-hydroxylation sites is 1. The van der Waals surface area contributed by atoms with Crippen LogP contribution in [0.25, 0.3) is 0 Å². The van der Waals surface area contributed by atoms with E-state index in [0.29, 0.717) is 32.8 Å². The van der Waals surface area contributed by atoms with Crippen LogP contribution in [0, 0.1) is 0 Å². The normalized spacial score (nSPS) is 10.3. The number of rotatable bonds is 5. The van der Waals surface area contributed by atoms with Crippen molar-refractivity contribution in [3.63, 3.8) is 0 Å². The highest BCUT2D eigenvalue weighted by atomic mass is 35.5. The second kappa shape index (κ2) is 7.99. The molecule has 7 nitrogen and oxygen atoms in total. The molecule has 3 aromatic rings. The van der Waals surface area contributed by atoms with E-state index in [4.69, 9.17) is 27.9 Å². The summed E-state index contributed by atoms with van der Waals surface area (Å²) in [5.41, 5.74) is 1.46. The quantitative estimate of drug-likeness (QED) is 0.622. The smallest absolute Gasteiger partial charge is 0.339 e. The second-order valence-electron chi connectivity index (χ2n) is 5.05. The monoisotopic (exact) mass is 389 g/mol. The lowest BCUT2D eigenvalue weighted by molar-refractivity contribution is 0.0602. The van der Waals surface area contributed by atoms with Crippen LogP contribution in [-0.4, -0.2) is 28.3 Å². The number of hydrogen-bond acceptors (Lipinski definition) is 7. The van der Waals surface area contributed by atoms with Gasteiger partial charge in [-0.2, -0.15) is 10.1 Å². The number of nitrogens with one attached hydrogen (secondary N) is 2. The average molecular weight is 390 g/mol. The van der Waals surface area contributed by atoms with Gasteiger partial charge in [0.05, 0.1) is 40.3 Å². The molecule has 0 atom stereocenters. The van der Waals surface area contributed by atoms with Crippen molar-refractivity contribution < 1.29 is 9.53 Å². The first kappa shape index (κ1) is 17.9. The zero-order valence-electron chi connectivity index (χ0n) is 13.5. The van der Waals surface area contributed by atoms with E-state index in [0.717, 1.165) is 0 Å². The second-order valence-corrected chi connectivity index (χ2v) is 5.84. The fourth-order valence-corrected chi connectivity index (χ4v) is 2.50. The topological polar surface area (TPSA) is 89.0 Å². The summed E-state index contributed by atoms with van der Waals surface area (Å²) in [6.45, 7) is 0. The molecule has 0 unspecified atom stereocenters. The zero-order chi connectivity index (χ0) is 18.5. The fraction of sp³-hybridized carbons (Fsp3) is 0.0588. The van der Waals surface area contributed by atoms with Crippen LogP contribution in [0.3, 0.4) is 0 Å². The molecule has 0 aliphatic rings. The van der Waals surface area contributed by atoms with Crippen LogP contribution in [0.2, 0.25) is 10.0 Å². The lowest BCUT2D eigenvalue weighted by atomic mass is 10.2. The Bertz CT molecular complexity index is 952. The number of nitrogens with zero attached hydrogens (tertiary/aromatic N) is 3. The van der Waals surface area contributed by atoms with Gasteiger partial charge < -0.3 is 15.4 Å². The molecule has 9 heteroatoms. The molecule has 1 heterocycles. The van der Waals surface area contributed by atoms with E-state index in [-0.39, 0.29) is 5.95 Å². The van der Waals surface area contributed by atoms with E-state index in [1.54, 1.807) is 42.5 Å². The van der Waals surface area contributed by atoms with E-state index in [1.165, 1.54) is 13.3 Å². The van der Waals surface area contributed by atoms with Gasteiger partial charge in [-0.3, -0.25) is 0 Å². The summed E-state index contributed by atoms with van der Waals surface area (Å²) >= 11 is 12.1. The summed E-state index contributed by atoms with van der Waals surface area (Å²) in [5.74, 6) is 0.144. The van der Waals surface area contributed by atoms with Crippen molar-refractivity contribution in [1.29, 1.82) is 0 Å². The highest BCUT2D eigenvalue weighted by Crippen LogP contribution is 2.31. The maximum absolute atomic E-state index is 11.9. The van der Waals surface area contributed by atoms with Crippen LogP contribution in [0.4, 0.5) is 23.1 Å². The van der Waals surface area contributed by atoms with Crippen molar-refractivity contribution in [3.05, 3.63) is 64.3 Å². The van der Waals surface area contributed by atoms with Gasteiger partial charge in [-0.05, 0) is 24.3 Å². The first-order chi connectivity index (χ1) is 12.6. The summed E-state index contributed by atoms with van der Waals surface area (Å²) in [4.78, 5) is 16.2. The van der Waals surface area contributed by atoms with Crippen molar-refractivity contribution in [2.75, 3.05) is 17.7 Å². The number of halogens is 2. The maximum atomic E-state index is 11.9. The predicted octanol–water partition coefficient (Wildman–Crippen LogP) is 4.45. The number of hydrogen-bond donors (Lipinski definition) is 2. The third-order valence-corrected chi connectivity index (χ3v) is 4.17. The molecule has 0 fully saturated rings. The summed E-state index contributed by atoms with van der Waals surface area (Å²) < 4.78 is 4.77. The molecular weight excluding hydrogens is 377 g/mol. The molecule has 0 bridgehead atoms. The van der Waals surface area contributed by atoms with Gasteiger partial charge in [0.1, 0.15) is 0 Å². The highest BCUT2D eigenvalue weighted by molar-refractivity contribution is 6.43. The lowest BCUT2D eigenvalue weighted by Crippen LogP contribution is -2.07. The van der Waals surface area contributed by atoms with E-state index < -0.39 is 5.97 Å². The van der Waals surface area contributed by atoms with Crippen molar-refractivity contribution >= 4 is 52.3 Å². The van der Waals surface area contributed by atoms with Gasteiger partial charge >= 0.3 is 5.97 Å². The third kappa shape index (κ3) is 4.01. The zero-order valence-corrected chi connectivity index (χ0v) is 15.0. The number of carbonyl (C=O) groups excluding carboxylic acids is 1. The number of methoxy groups -OCH3 is 1. The Kier molecular flexibility index (Phi) is 5.50. The number of aromatic nitrogens is 3. The van der Waals surface area contributed by atoms with E-state index in [9.17, 15) is 4.79 Å². The fourth-order valence-electron chi connectivity index (χ4n) is 2.16. The molecular formula is C17H13Cl2N5O2. The number of benzene rings is 2. The number of carbonyl (C=O) groups is 1. The lowest BCUT2D eigenvalue weighted by Gasteiger charge is -2.11. The number of esters is 1. The van der Waals surface area contributed by atoms with Crippen LogP contribution in [0.1, 0.15) is 10.4 Å². The number of anilines is 4. The number of ether oxygens (including phenoxy) is 1. The third-order valence-electron chi connectivity index (χ3n) is 3.35. The highest BCUT2D eigenvalue weighted by Gasteiger charge is 2.12. The Labute approximate surface area is 159 Å². The first-order valence-corrected chi connectivity index (χ1v) is 8.19. The molecule has 0 spiro atoms.